The third kappa shape index (κ3) is 2.40. The molecule has 3 rings (SSSR count). The lowest BCUT2D eigenvalue weighted by Gasteiger charge is -2.25. The van der Waals surface area contributed by atoms with E-state index in [1.807, 2.05) is 0 Å². The topological polar surface area (TPSA) is 0 Å². The molecular formula is C17H16F2. The molecule has 0 heterocycles. The third-order valence-electron chi connectivity index (χ3n) is 4.01. The van der Waals surface area contributed by atoms with Crippen molar-refractivity contribution < 1.29 is 8.78 Å². The monoisotopic (exact) mass is 258 g/mol. The van der Waals surface area contributed by atoms with Crippen molar-refractivity contribution in [3.05, 3.63) is 70.3 Å². The second-order valence-electron chi connectivity index (χ2n) is 5.39. The van der Waals surface area contributed by atoms with Gasteiger partial charge in [0.15, 0.2) is 11.6 Å². The normalized spacial score (nSPS) is 18.2. The molecule has 0 radical (unpaired) electrons. The maximum atomic E-state index is 13.3. The van der Waals surface area contributed by atoms with Crippen molar-refractivity contribution in [2.24, 2.45) is 0 Å². The second kappa shape index (κ2) is 4.76. The molecule has 0 spiro atoms. The van der Waals surface area contributed by atoms with E-state index in [0.29, 0.717) is 5.92 Å². The lowest BCUT2D eigenvalue weighted by molar-refractivity contribution is 0.501. The Morgan fingerprint density at radius 2 is 1.79 bits per heavy atom. The van der Waals surface area contributed by atoms with E-state index in [4.69, 9.17) is 0 Å². The van der Waals surface area contributed by atoms with E-state index in [0.717, 1.165) is 24.8 Å². The molecule has 0 N–H and O–H groups in total. The maximum absolute atomic E-state index is 13.3. The van der Waals surface area contributed by atoms with Crippen LogP contribution in [-0.2, 0) is 12.8 Å². The number of rotatable bonds is 1. The molecular weight excluding hydrogens is 242 g/mol. The van der Waals surface area contributed by atoms with E-state index in [1.165, 1.54) is 28.8 Å². The van der Waals surface area contributed by atoms with Gasteiger partial charge in [-0.2, -0.15) is 0 Å². The number of halogens is 2. The maximum Gasteiger partial charge on any atom is 0.159 e. The minimum atomic E-state index is -0.768. The Hall–Kier alpha value is -1.70. The predicted molar refractivity (Wildman–Crippen MR) is 72.3 cm³/mol. The Balaban J connectivity index is 1.89. The summed E-state index contributed by atoms with van der Waals surface area (Å²) in [6, 6.07) is 10.8. The molecule has 0 saturated heterocycles. The average molecular weight is 258 g/mol. The zero-order valence-corrected chi connectivity index (χ0v) is 10.9. The molecule has 0 aliphatic heterocycles. The first-order valence-electron chi connectivity index (χ1n) is 6.67. The molecule has 1 aliphatic carbocycles. The van der Waals surface area contributed by atoms with Crippen LogP contribution in [0.5, 0.6) is 0 Å². The Morgan fingerprint density at radius 1 is 0.947 bits per heavy atom. The fourth-order valence-electron chi connectivity index (χ4n) is 2.93. The summed E-state index contributed by atoms with van der Waals surface area (Å²) in [5.41, 5.74) is 4.93. The molecule has 2 aromatic rings. The number of aryl methyl sites for hydroxylation is 2. The summed E-state index contributed by atoms with van der Waals surface area (Å²) in [5.74, 6) is -1.21. The Kier molecular flexibility index (Phi) is 3.09. The van der Waals surface area contributed by atoms with Crippen molar-refractivity contribution in [3.8, 4) is 0 Å². The zero-order chi connectivity index (χ0) is 13.4. The van der Waals surface area contributed by atoms with Crippen LogP contribution in [0.4, 0.5) is 8.78 Å². The van der Waals surface area contributed by atoms with Crippen LogP contribution in [0.1, 0.15) is 34.6 Å². The summed E-state index contributed by atoms with van der Waals surface area (Å²) in [5, 5.41) is 0. The van der Waals surface area contributed by atoms with Crippen molar-refractivity contribution in [1.82, 2.24) is 0 Å². The highest BCUT2D eigenvalue weighted by atomic mass is 19.2. The molecule has 98 valence electrons. The van der Waals surface area contributed by atoms with Crippen molar-refractivity contribution in [3.63, 3.8) is 0 Å². The third-order valence-corrected chi connectivity index (χ3v) is 4.01. The van der Waals surface area contributed by atoms with Gasteiger partial charge < -0.3 is 0 Å². The molecule has 2 heteroatoms. The van der Waals surface area contributed by atoms with Crippen molar-refractivity contribution >= 4 is 0 Å². The summed E-state index contributed by atoms with van der Waals surface area (Å²) in [4.78, 5) is 0. The Morgan fingerprint density at radius 3 is 2.58 bits per heavy atom. The van der Waals surface area contributed by atoms with Crippen LogP contribution in [-0.4, -0.2) is 0 Å². The van der Waals surface area contributed by atoms with E-state index >= 15 is 0 Å². The summed E-state index contributed by atoms with van der Waals surface area (Å²) in [6.45, 7) is 2.10. The van der Waals surface area contributed by atoms with Gasteiger partial charge in [-0.1, -0.05) is 29.8 Å². The summed E-state index contributed by atoms with van der Waals surface area (Å²) in [7, 11) is 0. The fourth-order valence-corrected chi connectivity index (χ4v) is 2.93. The number of fused-ring (bicyclic) bond motifs is 1. The molecule has 0 fully saturated rings. The Bertz CT molecular complexity index is 617. The van der Waals surface area contributed by atoms with Crippen molar-refractivity contribution in [2.75, 3.05) is 0 Å². The lowest BCUT2D eigenvalue weighted by Crippen LogP contribution is -2.13. The molecule has 19 heavy (non-hydrogen) atoms. The van der Waals surface area contributed by atoms with Gasteiger partial charge >= 0.3 is 0 Å². The largest absolute Gasteiger partial charge is 0.204 e. The van der Waals surface area contributed by atoms with Gasteiger partial charge in [0.05, 0.1) is 0 Å². The van der Waals surface area contributed by atoms with E-state index in [1.54, 1.807) is 6.07 Å². The van der Waals surface area contributed by atoms with E-state index in [-0.39, 0.29) is 0 Å². The first-order chi connectivity index (χ1) is 9.13. The van der Waals surface area contributed by atoms with Crippen LogP contribution in [0.25, 0.3) is 0 Å². The van der Waals surface area contributed by atoms with Gasteiger partial charge in [-0.25, -0.2) is 8.78 Å². The quantitative estimate of drug-likeness (QED) is 0.704. The van der Waals surface area contributed by atoms with Gasteiger partial charge in [-0.3, -0.25) is 0 Å². The van der Waals surface area contributed by atoms with Crippen LogP contribution in [0, 0.1) is 18.6 Å². The molecule has 1 aliphatic rings. The summed E-state index contributed by atoms with van der Waals surface area (Å²) >= 11 is 0. The second-order valence-corrected chi connectivity index (χ2v) is 5.39. The van der Waals surface area contributed by atoms with Crippen molar-refractivity contribution in [2.45, 2.75) is 32.1 Å². The molecule has 0 nitrogen and oxygen atoms in total. The highest BCUT2D eigenvalue weighted by molar-refractivity contribution is 5.36. The smallest absolute Gasteiger partial charge is 0.159 e. The number of hydrogen-bond donors (Lipinski definition) is 0. The van der Waals surface area contributed by atoms with Crippen LogP contribution < -0.4 is 0 Å². The molecule has 0 saturated carbocycles. The minimum Gasteiger partial charge on any atom is -0.204 e. The van der Waals surface area contributed by atoms with E-state index in [9.17, 15) is 8.78 Å². The first-order valence-corrected chi connectivity index (χ1v) is 6.67. The molecule has 0 aromatic heterocycles. The molecule has 0 amide bonds. The molecule has 1 atom stereocenters. The van der Waals surface area contributed by atoms with Gasteiger partial charge in [0.25, 0.3) is 0 Å². The molecule has 2 aromatic carbocycles. The first kappa shape index (κ1) is 12.3. The van der Waals surface area contributed by atoms with Crippen LogP contribution in [0.2, 0.25) is 0 Å². The van der Waals surface area contributed by atoms with Gasteiger partial charge in [-0.05, 0) is 60.9 Å². The molecule has 1 unspecified atom stereocenters. The fraction of sp³-hybridized carbons (Fsp3) is 0.294. The van der Waals surface area contributed by atoms with Gasteiger partial charge in [-0.15, -0.1) is 0 Å². The van der Waals surface area contributed by atoms with Gasteiger partial charge in [0.2, 0.25) is 0 Å². The van der Waals surface area contributed by atoms with Crippen LogP contribution >= 0.6 is 0 Å². The van der Waals surface area contributed by atoms with Crippen LogP contribution in [0.3, 0.4) is 0 Å². The van der Waals surface area contributed by atoms with E-state index < -0.39 is 11.6 Å². The van der Waals surface area contributed by atoms with Crippen LogP contribution in [0.15, 0.2) is 36.4 Å². The predicted octanol–water partition coefficient (Wildman–Crippen LogP) is 4.55. The number of hydrogen-bond acceptors (Lipinski definition) is 0. The van der Waals surface area contributed by atoms with Crippen molar-refractivity contribution in [1.29, 1.82) is 0 Å². The standard InChI is InChI=1S/C17H16F2/c1-11-2-3-13-9-14(5-4-12(13)8-11)15-6-7-16(18)17(19)10-15/h2-3,6-8,10,14H,4-5,9H2,1H3. The van der Waals surface area contributed by atoms with Gasteiger partial charge in [0.1, 0.15) is 0 Å². The SMILES string of the molecule is Cc1ccc2c(c1)CCC(c1ccc(F)c(F)c1)C2. The highest BCUT2D eigenvalue weighted by Crippen LogP contribution is 2.33. The van der Waals surface area contributed by atoms with Gasteiger partial charge in [0, 0.05) is 0 Å². The molecule has 0 bridgehead atoms. The minimum absolute atomic E-state index is 0.297. The zero-order valence-electron chi connectivity index (χ0n) is 10.9. The summed E-state index contributed by atoms with van der Waals surface area (Å²) in [6.07, 6.45) is 2.93. The number of benzene rings is 2. The lowest BCUT2D eigenvalue weighted by atomic mass is 9.80. The summed E-state index contributed by atoms with van der Waals surface area (Å²) < 4.78 is 26.3. The highest BCUT2D eigenvalue weighted by Gasteiger charge is 2.21. The Labute approximate surface area is 112 Å². The van der Waals surface area contributed by atoms with E-state index in [2.05, 4.69) is 25.1 Å². The average Bonchev–Trinajstić information content (AvgIpc) is 2.41.